The first-order chi connectivity index (χ1) is 11.6. The van der Waals surface area contributed by atoms with Gasteiger partial charge in [-0.25, -0.2) is 0 Å². The maximum atomic E-state index is 2.55. The summed E-state index contributed by atoms with van der Waals surface area (Å²) in [5, 5.41) is 0. The zero-order valence-electron chi connectivity index (χ0n) is 15.5. The van der Waals surface area contributed by atoms with Crippen LogP contribution in [0.15, 0.2) is 54.2 Å². The fourth-order valence-electron chi connectivity index (χ4n) is 2.96. The van der Waals surface area contributed by atoms with Gasteiger partial charge >= 0.3 is 0 Å². The maximum Gasteiger partial charge on any atom is 0.0770 e. The lowest BCUT2D eigenvalue weighted by atomic mass is 10.1. The van der Waals surface area contributed by atoms with Gasteiger partial charge in [0.1, 0.15) is 0 Å². The summed E-state index contributed by atoms with van der Waals surface area (Å²) < 4.78 is 0. The molecule has 2 aromatic carbocycles. The van der Waals surface area contributed by atoms with Crippen molar-refractivity contribution in [2.75, 3.05) is 0 Å². The largest absolute Gasteiger partial charge is 0.0936 e. The fourth-order valence-corrected chi connectivity index (χ4v) is 5.72. The van der Waals surface area contributed by atoms with Crippen molar-refractivity contribution in [3.05, 3.63) is 76.5 Å². The number of benzene rings is 2. The van der Waals surface area contributed by atoms with Gasteiger partial charge in [-0.2, -0.15) is 0 Å². The second-order valence-electron chi connectivity index (χ2n) is 6.67. The van der Waals surface area contributed by atoms with E-state index in [9.17, 15) is 0 Å². The lowest BCUT2D eigenvalue weighted by Crippen LogP contribution is -2.28. The Hall–Kier alpha value is -1.86. The molecule has 0 bridgehead atoms. The van der Waals surface area contributed by atoms with E-state index in [1.54, 1.807) is 0 Å². The number of hydrogen-bond acceptors (Lipinski definition) is 0. The summed E-state index contributed by atoms with van der Waals surface area (Å²) in [5.41, 5.74) is 7.65. The average Bonchev–Trinajstić information content (AvgIpc) is 2.64. The predicted molar refractivity (Wildman–Crippen MR) is 113 cm³/mol. The van der Waals surface area contributed by atoms with Crippen LogP contribution in [0.4, 0.5) is 0 Å². The zero-order chi connectivity index (χ0) is 17.4. The molecule has 0 saturated heterocycles. The predicted octanol–water partition coefficient (Wildman–Crippen LogP) is 7.23. The van der Waals surface area contributed by atoms with Crippen molar-refractivity contribution in [1.29, 1.82) is 0 Å². The van der Waals surface area contributed by atoms with E-state index < -0.39 is 8.07 Å². The van der Waals surface area contributed by atoms with Crippen LogP contribution >= 0.6 is 0 Å². The second-order valence-corrected chi connectivity index (χ2v) is 11.8. The van der Waals surface area contributed by atoms with Gasteiger partial charge in [0.15, 0.2) is 0 Å². The Bertz CT molecular complexity index is 663. The molecule has 0 spiro atoms. The third kappa shape index (κ3) is 5.07. The Morgan fingerprint density at radius 1 is 0.625 bits per heavy atom. The monoisotopic (exact) mass is 334 g/mol. The van der Waals surface area contributed by atoms with E-state index >= 15 is 0 Å². The molecule has 0 aliphatic heterocycles. The molecule has 0 aromatic heterocycles. The Morgan fingerprint density at radius 3 is 1.42 bits per heavy atom. The second kappa shape index (κ2) is 8.84. The summed E-state index contributed by atoms with van der Waals surface area (Å²) in [6, 6.07) is 21.5. The van der Waals surface area contributed by atoms with Crippen LogP contribution in [0.1, 0.15) is 43.0 Å². The van der Waals surface area contributed by atoms with E-state index in [2.05, 4.69) is 100 Å². The van der Waals surface area contributed by atoms with Crippen LogP contribution in [-0.4, -0.2) is 8.07 Å². The van der Waals surface area contributed by atoms with Gasteiger partial charge in [0.25, 0.3) is 0 Å². The van der Waals surface area contributed by atoms with Crippen LogP contribution in [0.25, 0.3) is 18.2 Å². The highest BCUT2D eigenvalue weighted by atomic mass is 28.3. The van der Waals surface area contributed by atoms with Gasteiger partial charge in [-0.15, -0.1) is 0 Å². The van der Waals surface area contributed by atoms with Crippen LogP contribution < -0.4 is 0 Å². The Morgan fingerprint density at radius 2 is 1.00 bits per heavy atom. The first-order valence-corrected chi connectivity index (χ1v) is 11.8. The molecule has 0 N–H and O–H groups in total. The van der Waals surface area contributed by atoms with E-state index in [4.69, 9.17) is 0 Å². The van der Waals surface area contributed by atoms with Crippen LogP contribution in [-0.2, 0) is 0 Å². The molecular formula is C23H30Si. The topological polar surface area (TPSA) is 0 Å². The van der Waals surface area contributed by atoms with E-state index in [-0.39, 0.29) is 0 Å². The molecule has 126 valence electrons. The summed E-state index contributed by atoms with van der Waals surface area (Å²) in [6.07, 6.45) is 6.70. The lowest BCUT2D eigenvalue weighted by Gasteiger charge is -2.23. The normalized spacial score (nSPS) is 12.3. The summed E-state index contributed by atoms with van der Waals surface area (Å²) in [5.74, 6) is 0. The van der Waals surface area contributed by atoms with Crippen molar-refractivity contribution in [2.24, 2.45) is 0 Å². The fraction of sp³-hybridized carbons (Fsp3) is 0.304. The third-order valence-electron chi connectivity index (χ3n) is 5.22. The molecule has 0 amide bonds. The Kier molecular flexibility index (Phi) is 6.81. The summed E-state index contributed by atoms with van der Waals surface area (Å²) in [4.78, 5) is 0. The van der Waals surface area contributed by atoms with Gasteiger partial charge in [-0.3, -0.25) is 0 Å². The zero-order valence-corrected chi connectivity index (χ0v) is 16.5. The molecule has 0 aliphatic carbocycles. The van der Waals surface area contributed by atoms with E-state index in [0.29, 0.717) is 0 Å². The van der Waals surface area contributed by atoms with Crippen molar-refractivity contribution in [2.45, 2.75) is 45.8 Å². The van der Waals surface area contributed by atoms with Crippen molar-refractivity contribution in [3.63, 3.8) is 0 Å². The highest BCUT2D eigenvalue weighted by molar-refractivity contribution is 6.84. The van der Waals surface area contributed by atoms with Crippen molar-refractivity contribution >= 4 is 26.3 Å². The average molecular weight is 335 g/mol. The molecule has 0 aliphatic rings. The Labute approximate surface area is 149 Å². The van der Waals surface area contributed by atoms with Crippen LogP contribution in [0.3, 0.4) is 0 Å². The van der Waals surface area contributed by atoms with Crippen LogP contribution in [0.2, 0.25) is 18.1 Å². The van der Waals surface area contributed by atoms with Gasteiger partial charge in [0.05, 0.1) is 8.07 Å². The molecule has 2 aromatic rings. The maximum absolute atomic E-state index is 2.55. The van der Waals surface area contributed by atoms with E-state index in [1.807, 2.05) is 0 Å². The standard InChI is InChI=1S/C23H30Si/c1-5-24(6-2,7-3)19-18-23-16-14-22(15-17-23)13-12-21-10-8-20(4)9-11-21/h8-19H,5-7H2,1-4H3/b13-12+,19-18+. The quantitative estimate of drug-likeness (QED) is 0.370. The lowest BCUT2D eigenvalue weighted by molar-refractivity contribution is 1.20. The van der Waals surface area contributed by atoms with Crippen LogP contribution in [0, 0.1) is 6.92 Å². The van der Waals surface area contributed by atoms with Gasteiger partial charge in [-0.1, -0.05) is 117 Å². The molecular weight excluding hydrogens is 304 g/mol. The summed E-state index contributed by atoms with van der Waals surface area (Å²) in [7, 11) is -1.17. The minimum absolute atomic E-state index is 1.17. The summed E-state index contributed by atoms with van der Waals surface area (Å²) in [6.45, 7) is 9.17. The molecule has 0 unspecified atom stereocenters. The van der Waals surface area contributed by atoms with E-state index in [1.165, 1.54) is 40.4 Å². The van der Waals surface area contributed by atoms with E-state index in [0.717, 1.165) is 0 Å². The van der Waals surface area contributed by atoms with Gasteiger partial charge < -0.3 is 0 Å². The molecule has 0 nitrogen and oxygen atoms in total. The number of aryl methyl sites for hydroxylation is 1. The molecule has 0 atom stereocenters. The SMILES string of the molecule is CC[Si](/C=C/c1ccc(/C=C/c2ccc(C)cc2)cc1)(CC)CC. The highest BCUT2D eigenvalue weighted by Gasteiger charge is 2.22. The van der Waals surface area contributed by atoms with Crippen molar-refractivity contribution in [3.8, 4) is 0 Å². The van der Waals surface area contributed by atoms with Crippen molar-refractivity contribution < 1.29 is 0 Å². The molecule has 1 heteroatoms. The molecule has 0 saturated carbocycles. The number of hydrogen-bond donors (Lipinski definition) is 0. The van der Waals surface area contributed by atoms with Gasteiger partial charge in [0.2, 0.25) is 0 Å². The van der Waals surface area contributed by atoms with Crippen molar-refractivity contribution in [1.82, 2.24) is 0 Å². The van der Waals surface area contributed by atoms with Crippen LogP contribution in [0.5, 0.6) is 0 Å². The third-order valence-corrected chi connectivity index (χ3v) is 10.3. The Balaban J connectivity index is 2.06. The molecule has 0 fully saturated rings. The minimum atomic E-state index is -1.17. The minimum Gasteiger partial charge on any atom is -0.0936 e. The van der Waals surface area contributed by atoms with Gasteiger partial charge in [0, 0.05) is 0 Å². The molecule has 2 rings (SSSR count). The first-order valence-electron chi connectivity index (χ1n) is 9.15. The number of rotatable bonds is 7. The molecule has 0 heterocycles. The van der Waals surface area contributed by atoms with Gasteiger partial charge in [-0.05, 0) is 23.6 Å². The first kappa shape index (κ1) is 18.5. The smallest absolute Gasteiger partial charge is 0.0770 e. The highest BCUT2D eigenvalue weighted by Crippen LogP contribution is 2.23. The molecule has 0 radical (unpaired) electrons. The summed E-state index contributed by atoms with van der Waals surface area (Å²) >= 11 is 0. The molecule has 24 heavy (non-hydrogen) atoms.